The van der Waals surface area contributed by atoms with Gasteiger partial charge in [-0.2, -0.15) is 4.39 Å². The van der Waals surface area contributed by atoms with Gasteiger partial charge in [0, 0.05) is 12.1 Å². The van der Waals surface area contributed by atoms with Crippen LogP contribution in [0.15, 0.2) is 28.8 Å². The maximum atomic E-state index is 13.5. The largest absolute Gasteiger partial charge is 0.449 e. The number of anilines is 1. The van der Waals surface area contributed by atoms with Gasteiger partial charge in [0.1, 0.15) is 0 Å². The predicted molar refractivity (Wildman–Crippen MR) is 77.8 cm³/mol. The number of rotatable bonds is 5. The summed E-state index contributed by atoms with van der Waals surface area (Å²) in [5.41, 5.74) is -0.470. The SMILES string of the molecule is Cc1cc(NC(=O)[C@@H](C)OC(=O)c2ccc([N+](=O)[O-])c(F)c2)on1. The van der Waals surface area contributed by atoms with Crippen molar-refractivity contribution in [2.75, 3.05) is 5.32 Å². The van der Waals surface area contributed by atoms with Crippen molar-refractivity contribution in [3.05, 3.63) is 51.5 Å². The minimum atomic E-state index is -1.21. The fraction of sp³-hybridized carbons (Fsp3) is 0.214. The number of nitro groups is 1. The van der Waals surface area contributed by atoms with Crippen LogP contribution in [-0.4, -0.2) is 28.1 Å². The van der Waals surface area contributed by atoms with E-state index in [9.17, 15) is 24.1 Å². The van der Waals surface area contributed by atoms with Gasteiger partial charge in [0.05, 0.1) is 16.2 Å². The zero-order valence-electron chi connectivity index (χ0n) is 12.6. The lowest BCUT2D eigenvalue weighted by atomic mass is 10.2. The van der Waals surface area contributed by atoms with E-state index in [0.717, 1.165) is 12.1 Å². The van der Waals surface area contributed by atoms with E-state index < -0.39 is 34.4 Å². The molecule has 1 heterocycles. The molecule has 0 aliphatic heterocycles. The molecule has 1 aromatic carbocycles. The molecule has 0 bridgehead atoms. The Hall–Kier alpha value is -3.30. The smallest absolute Gasteiger partial charge is 0.339 e. The number of nitrogens with one attached hydrogen (secondary N) is 1. The first-order chi connectivity index (χ1) is 11.3. The van der Waals surface area contributed by atoms with E-state index in [1.807, 2.05) is 0 Å². The number of nitrogens with zero attached hydrogens (tertiary/aromatic N) is 2. The van der Waals surface area contributed by atoms with E-state index in [2.05, 4.69) is 10.5 Å². The Balaban J connectivity index is 2.01. The van der Waals surface area contributed by atoms with E-state index in [1.54, 1.807) is 6.92 Å². The molecule has 2 aromatic rings. The highest BCUT2D eigenvalue weighted by Gasteiger charge is 2.22. The number of nitro benzene ring substituents is 1. The Morgan fingerprint density at radius 2 is 2.12 bits per heavy atom. The third-order valence-electron chi connectivity index (χ3n) is 2.91. The topological polar surface area (TPSA) is 125 Å². The fourth-order valence-corrected chi connectivity index (χ4v) is 1.71. The molecule has 0 fully saturated rings. The molecule has 1 amide bonds. The number of esters is 1. The van der Waals surface area contributed by atoms with Gasteiger partial charge in [0.2, 0.25) is 11.7 Å². The number of benzene rings is 1. The Labute approximate surface area is 134 Å². The Kier molecular flexibility index (Phi) is 4.87. The molecule has 126 valence electrons. The monoisotopic (exact) mass is 337 g/mol. The first kappa shape index (κ1) is 17.1. The van der Waals surface area contributed by atoms with Crippen molar-refractivity contribution in [3.63, 3.8) is 0 Å². The van der Waals surface area contributed by atoms with E-state index in [4.69, 9.17) is 9.26 Å². The maximum Gasteiger partial charge on any atom is 0.339 e. The minimum absolute atomic E-state index is 0.0850. The molecular formula is C14H12FN3O6. The van der Waals surface area contributed by atoms with E-state index in [1.165, 1.54) is 13.0 Å². The molecule has 1 N–H and O–H groups in total. The molecule has 0 radical (unpaired) electrons. The molecular weight excluding hydrogens is 325 g/mol. The Bertz CT molecular complexity index is 804. The molecule has 24 heavy (non-hydrogen) atoms. The van der Waals surface area contributed by atoms with Gasteiger partial charge in [-0.25, -0.2) is 4.79 Å². The molecule has 1 aromatic heterocycles. The number of aromatic nitrogens is 1. The third kappa shape index (κ3) is 3.91. The van der Waals surface area contributed by atoms with Gasteiger partial charge in [-0.1, -0.05) is 5.16 Å². The molecule has 0 saturated carbocycles. The van der Waals surface area contributed by atoms with E-state index >= 15 is 0 Å². The molecule has 10 heteroatoms. The quantitative estimate of drug-likeness (QED) is 0.504. The van der Waals surface area contributed by atoms with Crippen LogP contribution in [-0.2, 0) is 9.53 Å². The van der Waals surface area contributed by atoms with Crippen LogP contribution in [0.3, 0.4) is 0 Å². The van der Waals surface area contributed by atoms with Gasteiger partial charge >= 0.3 is 11.7 Å². The van der Waals surface area contributed by atoms with Gasteiger partial charge in [-0.15, -0.1) is 0 Å². The first-order valence-electron chi connectivity index (χ1n) is 6.67. The molecule has 0 spiro atoms. The van der Waals surface area contributed by atoms with Crippen molar-refractivity contribution < 1.29 is 28.2 Å². The van der Waals surface area contributed by atoms with Crippen LogP contribution in [0.5, 0.6) is 0 Å². The van der Waals surface area contributed by atoms with Crippen LogP contribution in [0.4, 0.5) is 16.0 Å². The van der Waals surface area contributed by atoms with Crippen molar-refractivity contribution in [3.8, 4) is 0 Å². The minimum Gasteiger partial charge on any atom is -0.449 e. The predicted octanol–water partition coefficient (Wildman–Crippen LogP) is 2.21. The first-order valence-corrected chi connectivity index (χ1v) is 6.67. The standard InChI is InChI=1S/C14H12FN3O6/c1-7-5-12(24-17-7)16-13(19)8(2)23-14(20)9-3-4-11(18(21)22)10(15)6-9/h3-6,8H,1-2H3,(H,16,19)/t8-/m1/s1. The Morgan fingerprint density at radius 1 is 1.42 bits per heavy atom. The molecule has 0 saturated heterocycles. The lowest BCUT2D eigenvalue weighted by Crippen LogP contribution is -2.29. The number of carbonyl (C=O) groups excluding carboxylic acids is 2. The molecule has 9 nitrogen and oxygen atoms in total. The second kappa shape index (κ2) is 6.86. The summed E-state index contributed by atoms with van der Waals surface area (Å²) >= 11 is 0. The van der Waals surface area contributed by atoms with Crippen molar-refractivity contribution in [2.24, 2.45) is 0 Å². The number of halogens is 1. The lowest BCUT2D eigenvalue weighted by Gasteiger charge is -2.12. The summed E-state index contributed by atoms with van der Waals surface area (Å²) in [6.07, 6.45) is -1.21. The van der Waals surface area contributed by atoms with Gasteiger partial charge in [0.25, 0.3) is 5.91 Å². The third-order valence-corrected chi connectivity index (χ3v) is 2.91. The highest BCUT2D eigenvalue weighted by molar-refractivity contribution is 5.96. The van der Waals surface area contributed by atoms with Crippen LogP contribution < -0.4 is 5.32 Å². The van der Waals surface area contributed by atoms with Gasteiger partial charge in [-0.3, -0.25) is 20.2 Å². The Morgan fingerprint density at radius 3 is 2.67 bits per heavy atom. The lowest BCUT2D eigenvalue weighted by molar-refractivity contribution is -0.387. The summed E-state index contributed by atoms with van der Waals surface area (Å²) in [7, 11) is 0. The maximum absolute atomic E-state index is 13.5. The number of ether oxygens (including phenoxy) is 1. The number of carbonyl (C=O) groups is 2. The summed E-state index contributed by atoms with van der Waals surface area (Å²) < 4.78 is 23.2. The molecule has 0 aliphatic rings. The van der Waals surface area contributed by atoms with Crippen molar-refractivity contribution in [1.29, 1.82) is 0 Å². The van der Waals surface area contributed by atoms with Crippen LogP contribution in [0.1, 0.15) is 23.0 Å². The zero-order valence-corrected chi connectivity index (χ0v) is 12.6. The molecule has 0 aliphatic carbocycles. The number of hydrogen-bond donors (Lipinski definition) is 1. The number of amides is 1. The van der Waals surface area contributed by atoms with Crippen LogP contribution in [0.25, 0.3) is 0 Å². The fourth-order valence-electron chi connectivity index (χ4n) is 1.71. The zero-order chi connectivity index (χ0) is 17.9. The number of aryl methyl sites for hydroxylation is 1. The van der Waals surface area contributed by atoms with Crippen LogP contribution in [0.2, 0.25) is 0 Å². The molecule has 0 unspecified atom stereocenters. The van der Waals surface area contributed by atoms with Gasteiger partial charge in [-0.05, 0) is 26.0 Å². The second-order valence-corrected chi connectivity index (χ2v) is 4.79. The number of hydrogen-bond acceptors (Lipinski definition) is 7. The summed E-state index contributed by atoms with van der Waals surface area (Å²) in [5, 5.41) is 16.4. The summed E-state index contributed by atoms with van der Waals surface area (Å²) in [6, 6.07) is 4.02. The molecule has 1 atom stereocenters. The summed E-state index contributed by atoms with van der Waals surface area (Å²) in [6.45, 7) is 2.96. The van der Waals surface area contributed by atoms with Crippen molar-refractivity contribution in [2.45, 2.75) is 20.0 Å². The van der Waals surface area contributed by atoms with Crippen LogP contribution >= 0.6 is 0 Å². The van der Waals surface area contributed by atoms with E-state index in [0.29, 0.717) is 11.8 Å². The average molecular weight is 337 g/mol. The highest BCUT2D eigenvalue weighted by atomic mass is 19.1. The van der Waals surface area contributed by atoms with Crippen molar-refractivity contribution in [1.82, 2.24) is 5.16 Å². The average Bonchev–Trinajstić information content (AvgIpc) is 2.91. The highest BCUT2D eigenvalue weighted by Crippen LogP contribution is 2.19. The normalized spacial score (nSPS) is 11.6. The molecule has 2 rings (SSSR count). The summed E-state index contributed by atoms with van der Waals surface area (Å²) in [5.74, 6) is -2.77. The second-order valence-electron chi connectivity index (χ2n) is 4.79. The van der Waals surface area contributed by atoms with Gasteiger partial charge in [0.15, 0.2) is 6.10 Å². The summed E-state index contributed by atoms with van der Waals surface area (Å²) in [4.78, 5) is 33.3. The van der Waals surface area contributed by atoms with E-state index in [-0.39, 0.29) is 11.4 Å². The van der Waals surface area contributed by atoms with Crippen LogP contribution in [0, 0.1) is 22.9 Å². The van der Waals surface area contributed by atoms with Crippen molar-refractivity contribution >= 4 is 23.4 Å². The van der Waals surface area contributed by atoms with Gasteiger partial charge < -0.3 is 9.26 Å².